The predicted molar refractivity (Wildman–Crippen MR) is 70.6 cm³/mol. The molecule has 1 fully saturated rings. The van der Waals surface area contributed by atoms with Crippen molar-refractivity contribution in [1.29, 1.82) is 0 Å². The van der Waals surface area contributed by atoms with Crippen molar-refractivity contribution in [2.45, 2.75) is 23.8 Å². The number of rotatable bonds is 4. The highest BCUT2D eigenvalue weighted by Gasteiger charge is 2.20. The first-order valence-electron chi connectivity index (χ1n) is 5.55. The van der Waals surface area contributed by atoms with Gasteiger partial charge in [-0.15, -0.1) is 0 Å². The van der Waals surface area contributed by atoms with E-state index in [4.69, 9.17) is 27.9 Å². The van der Waals surface area contributed by atoms with Crippen LogP contribution in [0.5, 0.6) is 0 Å². The van der Waals surface area contributed by atoms with Crippen molar-refractivity contribution in [1.82, 2.24) is 4.72 Å². The minimum atomic E-state index is -3.56. The molecule has 0 amide bonds. The van der Waals surface area contributed by atoms with Gasteiger partial charge in [-0.2, -0.15) is 0 Å². The fraction of sp³-hybridized carbons (Fsp3) is 0.455. The molecule has 0 aromatic heterocycles. The van der Waals surface area contributed by atoms with E-state index in [-0.39, 0.29) is 22.6 Å². The summed E-state index contributed by atoms with van der Waals surface area (Å²) in [7, 11) is -3.56. The highest BCUT2D eigenvalue weighted by molar-refractivity contribution is 7.89. The number of sulfonamides is 1. The van der Waals surface area contributed by atoms with Gasteiger partial charge in [0.2, 0.25) is 10.0 Å². The smallest absolute Gasteiger partial charge is 0.240 e. The van der Waals surface area contributed by atoms with Gasteiger partial charge in [-0.05, 0) is 31.0 Å². The lowest BCUT2D eigenvalue weighted by molar-refractivity contribution is 0.114. The van der Waals surface area contributed by atoms with Crippen LogP contribution < -0.4 is 4.72 Å². The van der Waals surface area contributed by atoms with Crippen molar-refractivity contribution >= 4 is 33.2 Å². The molecule has 1 N–H and O–H groups in total. The van der Waals surface area contributed by atoms with Gasteiger partial charge in [0.25, 0.3) is 0 Å². The molecule has 1 aromatic rings. The molecule has 100 valence electrons. The van der Waals surface area contributed by atoms with Crippen LogP contribution in [0.4, 0.5) is 0 Å². The lowest BCUT2D eigenvalue weighted by atomic mass is 10.2. The molecule has 1 aromatic carbocycles. The van der Waals surface area contributed by atoms with Crippen molar-refractivity contribution in [2.24, 2.45) is 0 Å². The molecule has 0 bridgehead atoms. The summed E-state index contributed by atoms with van der Waals surface area (Å²) >= 11 is 11.5. The van der Waals surface area contributed by atoms with E-state index in [0.717, 1.165) is 12.8 Å². The third kappa shape index (κ3) is 3.36. The van der Waals surface area contributed by atoms with Crippen LogP contribution in [-0.4, -0.2) is 27.7 Å². The number of benzene rings is 1. The molecule has 1 aliphatic heterocycles. The Hall–Kier alpha value is -0.330. The Kier molecular flexibility index (Phi) is 4.50. The molecule has 2 rings (SSSR count). The Morgan fingerprint density at radius 3 is 2.72 bits per heavy atom. The van der Waals surface area contributed by atoms with Crippen molar-refractivity contribution in [3.8, 4) is 0 Å². The Balaban J connectivity index is 2.07. The summed E-state index contributed by atoms with van der Waals surface area (Å²) in [6.45, 7) is 0.974. The molecule has 0 aliphatic carbocycles. The van der Waals surface area contributed by atoms with E-state index in [1.165, 1.54) is 18.2 Å². The minimum Gasteiger partial charge on any atom is -0.377 e. The van der Waals surface area contributed by atoms with E-state index >= 15 is 0 Å². The summed E-state index contributed by atoms with van der Waals surface area (Å²) in [6, 6.07) is 4.22. The zero-order chi connectivity index (χ0) is 13.2. The molecule has 4 nitrogen and oxygen atoms in total. The van der Waals surface area contributed by atoms with Gasteiger partial charge in [0.05, 0.1) is 21.0 Å². The maximum Gasteiger partial charge on any atom is 0.240 e. The minimum absolute atomic E-state index is 0.0393. The molecule has 18 heavy (non-hydrogen) atoms. The fourth-order valence-electron chi connectivity index (χ4n) is 1.74. The summed E-state index contributed by atoms with van der Waals surface area (Å²) in [5.41, 5.74) is 0. The van der Waals surface area contributed by atoms with E-state index in [1.807, 2.05) is 0 Å². The number of ether oxygens (including phenoxy) is 1. The lowest BCUT2D eigenvalue weighted by Crippen LogP contribution is -2.31. The maximum atomic E-state index is 12.0. The largest absolute Gasteiger partial charge is 0.377 e. The Morgan fingerprint density at radius 2 is 2.11 bits per heavy atom. The van der Waals surface area contributed by atoms with Gasteiger partial charge >= 0.3 is 0 Å². The normalized spacial score (nSPS) is 20.2. The molecule has 0 radical (unpaired) electrons. The first kappa shape index (κ1) is 14.1. The zero-order valence-corrected chi connectivity index (χ0v) is 11.9. The van der Waals surface area contributed by atoms with Crippen LogP contribution in [0.1, 0.15) is 12.8 Å². The summed E-state index contributed by atoms with van der Waals surface area (Å²) in [4.78, 5) is 0.106. The van der Waals surface area contributed by atoms with Crippen molar-refractivity contribution in [3.05, 3.63) is 28.2 Å². The van der Waals surface area contributed by atoms with E-state index in [1.54, 1.807) is 0 Å². The molecular weight excluding hydrogens is 297 g/mol. The Labute approximate surface area is 116 Å². The summed E-state index contributed by atoms with van der Waals surface area (Å²) in [6.07, 6.45) is 1.81. The van der Waals surface area contributed by atoms with Gasteiger partial charge < -0.3 is 4.74 Å². The fourth-order valence-corrected chi connectivity index (χ4v) is 3.19. The van der Waals surface area contributed by atoms with E-state index < -0.39 is 10.0 Å². The van der Waals surface area contributed by atoms with Crippen LogP contribution >= 0.6 is 23.2 Å². The van der Waals surface area contributed by atoms with E-state index in [9.17, 15) is 8.42 Å². The highest BCUT2D eigenvalue weighted by Crippen LogP contribution is 2.24. The first-order valence-corrected chi connectivity index (χ1v) is 7.79. The van der Waals surface area contributed by atoms with Crippen LogP contribution in [0.3, 0.4) is 0 Å². The van der Waals surface area contributed by atoms with Crippen molar-refractivity contribution in [2.75, 3.05) is 13.2 Å². The van der Waals surface area contributed by atoms with Crippen LogP contribution in [-0.2, 0) is 14.8 Å². The Bertz CT molecular complexity index is 527. The number of nitrogens with one attached hydrogen (secondary N) is 1. The van der Waals surface area contributed by atoms with Crippen molar-refractivity contribution < 1.29 is 13.2 Å². The SMILES string of the molecule is O=S(=O)(NCC1CCCO1)c1ccc(Cl)c(Cl)c1. The third-order valence-corrected chi connectivity index (χ3v) is 4.89. The summed E-state index contributed by atoms with van der Waals surface area (Å²) < 4.78 is 31.8. The lowest BCUT2D eigenvalue weighted by Gasteiger charge is -2.11. The van der Waals surface area contributed by atoms with Gasteiger partial charge in [0.1, 0.15) is 0 Å². The van der Waals surface area contributed by atoms with Crippen LogP contribution in [0.2, 0.25) is 10.0 Å². The van der Waals surface area contributed by atoms with Gasteiger partial charge in [-0.25, -0.2) is 13.1 Å². The third-order valence-electron chi connectivity index (χ3n) is 2.73. The molecule has 1 heterocycles. The second kappa shape index (κ2) is 5.75. The number of hydrogen-bond acceptors (Lipinski definition) is 3. The summed E-state index contributed by atoms with van der Waals surface area (Å²) in [5, 5.41) is 0.548. The standard InChI is InChI=1S/C11H13Cl2NO3S/c12-10-4-3-9(6-11(10)13)18(15,16)14-7-8-2-1-5-17-8/h3-4,6,8,14H,1-2,5,7H2. The number of hydrogen-bond donors (Lipinski definition) is 1. The van der Waals surface area contributed by atoms with Crippen LogP contribution in [0, 0.1) is 0 Å². The molecule has 0 spiro atoms. The number of halogens is 2. The molecule has 1 unspecified atom stereocenters. The monoisotopic (exact) mass is 309 g/mol. The second-order valence-electron chi connectivity index (χ2n) is 4.06. The molecule has 1 atom stereocenters. The van der Waals surface area contributed by atoms with Crippen molar-refractivity contribution in [3.63, 3.8) is 0 Å². The van der Waals surface area contributed by atoms with E-state index in [0.29, 0.717) is 11.6 Å². The Morgan fingerprint density at radius 1 is 1.33 bits per heavy atom. The predicted octanol–water partition coefficient (Wildman–Crippen LogP) is 2.45. The molecule has 1 aliphatic rings. The van der Waals surface area contributed by atoms with Gasteiger partial charge in [0, 0.05) is 13.2 Å². The second-order valence-corrected chi connectivity index (χ2v) is 6.64. The highest BCUT2D eigenvalue weighted by atomic mass is 35.5. The molecule has 7 heteroatoms. The average molecular weight is 310 g/mol. The summed E-state index contributed by atoms with van der Waals surface area (Å²) in [5.74, 6) is 0. The van der Waals surface area contributed by atoms with Gasteiger partial charge in [-0.1, -0.05) is 23.2 Å². The molecular formula is C11H13Cl2NO3S. The average Bonchev–Trinajstić information content (AvgIpc) is 2.83. The van der Waals surface area contributed by atoms with Crippen LogP contribution in [0.15, 0.2) is 23.1 Å². The van der Waals surface area contributed by atoms with Gasteiger partial charge in [0.15, 0.2) is 0 Å². The topological polar surface area (TPSA) is 55.4 Å². The zero-order valence-electron chi connectivity index (χ0n) is 9.53. The molecule has 1 saturated heterocycles. The van der Waals surface area contributed by atoms with E-state index in [2.05, 4.69) is 4.72 Å². The quantitative estimate of drug-likeness (QED) is 0.929. The maximum absolute atomic E-state index is 12.0. The first-order chi connectivity index (χ1) is 8.49. The van der Waals surface area contributed by atoms with Gasteiger partial charge in [-0.3, -0.25) is 0 Å². The molecule has 0 saturated carbocycles. The van der Waals surface area contributed by atoms with Crippen LogP contribution in [0.25, 0.3) is 0 Å².